The Balaban J connectivity index is 0.000000354. The molecule has 2 rings (SSSR count). The monoisotopic (exact) mass is 249 g/mol. The summed E-state index contributed by atoms with van der Waals surface area (Å²) in [7, 11) is 0. The number of nitrogens with one attached hydrogen (secondary N) is 1. The van der Waals surface area contributed by atoms with Gasteiger partial charge in [-0.15, -0.1) is 0 Å². The lowest BCUT2D eigenvalue weighted by atomic mass is 10.1. The SMILES string of the molecule is C1=CC2N=NN/C2=C/C=C\C1.CC.CCCCC. The zero-order valence-electron chi connectivity index (χ0n) is 12.2. The lowest BCUT2D eigenvalue weighted by Crippen LogP contribution is -2.08. The molecule has 1 unspecified atom stereocenters. The maximum absolute atomic E-state index is 3.98. The number of allylic oxidation sites excluding steroid dienone is 4. The van der Waals surface area contributed by atoms with Crippen LogP contribution in [0.15, 0.2) is 46.4 Å². The van der Waals surface area contributed by atoms with Gasteiger partial charge in [-0.25, -0.2) is 0 Å². The third-order valence-electron chi connectivity index (χ3n) is 2.39. The number of unbranched alkanes of at least 4 members (excludes halogenated alkanes) is 2. The molecule has 0 bridgehead atoms. The molecule has 0 amide bonds. The molecule has 1 aliphatic carbocycles. The Hall–Kier alpha value is -1.38. The highest BCUT2D eigenvalue weighted by Crippen LogP contribution is 2.14. The topological polar surface area (TPSA) is 36.8 Å². The van der Waals surface area contributed by atoms with E-state index in [1.54, 1.807) is 0 Å². The minimum atomic E-state index is 0.125. The molecule has 0 fully saturated rings. The van der Waals surface area contributed by atoms with Gasteiger partial charge in [-0.1, -0.05) is 76.5 Å². The van der Waals surface area contributed by atoms with Gasteiger partial charge in [-0.3, -0.25) is 5.43 Å². The van der Waals surface area contributed by atoms with Crippen molar-refractivity contribution in [3.05, 3.63) is 36.1 Å². The van der Waals surface area contributed by atoms with Crippen molar-refractivity contribution < 1.29 is 0 Å². The standard InChI is InChI=1S/C8H9N3.C5H12.C2H6/c1-2-4-6-8-7(5-3-1)9-11-10-8;1-3-5-4-2;1-2/h1,3-6,8H,2H2,(H,9,10);3-5H2,1-2H3;1-2H3/b3-1-,6-4?,7-5+;;. The Morgan fingerprint density at radius 2 is 1.94 bits per heavy atom. The van der Waals surface area contributed by atoms with Crippen molar-refractivity contribution in [2.75, 3.05) is 0 Å². The first-order chi connectivity index (χ1) is 8.88. The number of nitrogens with zero attached hydrogens (tertiary/aromatic N) is 2. The first-order valence-electron chi connectivity index (χ1n) is 7.07. The fourth-order valence-electron chi connectivity index (χ4n) is 1.45. The van der Waals surface area contributed by atoms with E-state index in [1.165, 1.54) is 19.3 Å². The Kier molecular flexibility index (Phi) is 11.2. The fourth-order valence-corrected chi connectivity index (χ4v) is 1.45. The first-order valence-corrected chi connectivity index (χ1v) is 7.07. The maximum atomic E-state index is 3.98. The molecule has 0 aromatic carbocycles. The summed E-state index contributed by atoms with van der Waals surface area (Å²) in [4.78, 5) is 0. The van der Waals surface area contributed by atoms with Gasteiger partial charge < -0.3 is 0 Å². The van der Waals surface area contributed by atoms with Crippen LogP contribution in [0, 0.1) is 0 Å². The van der Waals surface area contributed by atoms with Crippen LogP contribution in [-0.2, 0) is 0 Å². The van der Waals surface area contributed by atoms with Crippen molar-refractivity contribution in [2.45, 2.75) is 59.4 Å². The largest absolute Gasteiger partial charge is 0.262 e. The molecule has 1 N–H and O–H groups in total. The van der Waals surface area contributed by atoms with E-state index in [1.807, 2.05) is 26.0 Å². The zero-order chi connectivity index (χ0) is 13.6. The molecule has 18 heavy (non-hydrogen) atoms. The van der Waals surface area contributed by atoms with Crippen LogP contribution >= 0.6 is 0 Å². The van der Waals surface area contributed by atoms with Crippen molar-refractivity contribution in [1.82, 2.24) is 5.43 Å². The van der Waals surface area contributed by atoms with Gasteiger partial charge in [0.25, 0.3) is 0 Å². The smallest absolute Gasteiger partial charge is 0.132 e. The predicted molar refractivity (Wildman–Crippen MR) is 79.3 cm³/mol. The van der Waals surface area contributed by atoms with E-state index in [2.05, 4.69) is 47.8 Å². The number of fused-ring (bicyclic) bond motifs is 1. The molecule has 0 aromatic rings. The number of hydrogen-bond acceptors (Lipinski definition) is 3. The Morgan fingerprint density at radius 1 is 1.22 bits per heavy atom. The lowest BCUT2D eigenvalue weighted by Gasteiger charge is -2.01. The van der Waals surface area contributed by atoms with Crippen molar-refractivity contribution >= 4 is 0 Å². The summed E-state index contributed by atoms with van der Waals surface area (Å²) >= 11 is 0. The Bertz CT molecular complexity index is 299. The third kappa shape index (κ3) is 7.05. The maximum Gasteiger partial charge on any atom is 0.132 e. The van der Waals surface area contributed by atoms with E-state index in [0.717, 1.165) is 12.1 Å². The fraction of sp³-hybridized carbons (Fsp3) is 0.600. The number of rotatable bonds is 2. The van der Waals surface area contributed by atoms with Crippen molar-refractivity contribution in [2.24, 2.45) is 10.3 Å². The first kappa shape index (κ1) is 16.6. The van der Waals surface area contributed by atoms with Crippen LogP contribution in [0.2, 0.25) is 0 Å². The second-order valence-electron chi connectivity index (χ2n) is 3.84. The highest BCUT2D eigenvalue weighted by atomic mass is 15.5. The van der Waals surface area contributed by atoms with E-state index < -0.39 is 0 Å². The zero-order valence-corrected chi connectivity index (χ0v) is 12.2. The normalized spacial score (nSPS) is 23.8. The van der Waals surface area contributed by atoms with Gasteiger partial charge in [-0.2, -0.15) is 5.11 Å². The summed E-state index contributed by atoms with van der Waals surface area (Å²) in [6.45, 7) is 8.42. The molecule has 0 saturated heterocycles. The minimum Gasteiger partial charge on any atom is -0.262 e. The molecule has 0 aromatic heterocycles. The molecule has 102 valence electrons. The van der Waals surface area contributed by atoms with Gasteiger partial charge in [0.05, 0.1) is 5.70 Å². The van der Waals surface area contributed by atoms with Gasteiger partial charge in [0.15, 0.2) is 0 Å². The van der Waals surface area contributed by atoms with E-state index in [-0.39, 0.29) is 6.04 Å². The quantitative estimate of drug-likeness (QED) is 0.691. The summed E-state index contributed by atoms with van der Waals surface area (Å²) in [5.41, 5.74) is 3.90. The molecule has 2 aliphatic rings. The molecule has 1 heterocycles. The second-order valence-corrected chi connectivity index (χ2v) is 3.84. The average molecular weight is 249 g/mol. The molecule has 1 aliphatic heterocycles. The molecule has 0 saturated carbocycles. The van der Waals surface area contributed by atoms with Gasteiger partial charge in [0.1, 0.15) is 6.04 Å². The van der Waals surface area contributed by atoms with Crippen LogP contribution in [0.3, 0.4) is 0 Å². The van der Waals surface area contributed by atoms with Crippen LogP contribution in [-0.4, -0.2) is 6.04 Å². The van der Waals surface area contributed by atoms with E-state index in [4.69, 9.17) is 0 Å². The minimum absolute atomic E-state index is 0.125. The van der Waals surface area contributed by atoms with Crippen LogP contribution in [0.4, 0.5) is 0 Å². The van der Waals surface area contributed by atoms with Gasteiger partial charge in [0, 0.05) is 0 Å². The highest BCUT2D eigenvalue weighted by molar-refractivity contribution is 5.25. The number of hydrogen-bond donors (Lipinski definition) is 1. The van der Waals surface area contributed by atoms with Crippen LogP contribution in [0.25, 0.3) is 0 Å². The molecule has 3 heteroatoms. The molecule has 1 atom stereocenters. The van der Waals surface area contributed by atoms with Crippen molar-refractivity contribution in [3.63, 3.8) is 0 Å². The van der Waals surface area contributed by atoms with E-state index >= 15 is 0 Å². The third-order valence-corrected chi connectivity index (χ3v) is 2.39. The molecular formula is C15H27N3. The average Bonchev–Trinajstić information content (AvgIpc) is 2.80. The molecule has 0 spiro atoms. The predicted octanol–water partition coefficient (Wildman–Crippen LogP) is 4.95. The van der Waals surface area contributed by atoms with Crippen molar-refractivity contribution in [3.8, 4) is 0 Å². The summed E-state index contributed by atoms with van der Waals surface area (Å²) in [6.07, 6.45) is 15.3. The Morgan fingerprint density at radius 3 is 2.56 bits per heavy atom. The van der Waals surface area contributed by atoms with Gasteiger partial charge in [0.2, 0.25) is 0 Å². The molecule has 0 radical (unpaired) electrons. The summed E-state index contributed by atoms with van der Waals surface area (Å²) in [6, 6.07) is 0.125. The lowest BCUT2D eigenvalue weighted by molar-refractivity contribution is 0.772. The molecule has 3 nitrogen and oxygen atoms in total. The van der Waals surface area contributed by atoms with Gasteiger partial charge in [-0.05, 0) is 12.5 Å². The van der Waals surface area contributed by atoms with Gasteiger partial charge >= 0.3 is 0 Å². The van der Waals surface area contributed by atoms with E-state index in [9.17, 15) is 0 Å². The van der Waals surface area contributed by atoms with Crippen LogP contribution in [0.5, 0.6) is 0 Å². The Labute approximate surface area is 112 Å². The van der Waals surface area contributed by atoms with Crippen LogP contribution < -0.4 is 5.43 Å². The summed E-state index contributed by atoms with van der Waals surface area (Å²) in [5.74, 6) is 0. The summed E-state index contributed by atoms with van der Waals surface area (Å²) in [5, 5.41) is 7.72. The van der Waals surface area contributed by atoms with E-state index in [0.29, 0.717) is 0 Å². The summed E-state index contributed by atoms with van der Waals surface area (Å²) < 4.78 is 0. The van der Waals surface area contributed by atoms with Crippen molar-refractivity contribution in [1.29, 1.82) is 0 Å². The second kappa shape index (κ2) is 12.1. The highest BCUT2D eigenvalue weighted by Gasteiger charge is 2.14. The molecular weight excluding hydrogens is 222 g/mol. The van der Waals surface area contributed by atoms with Crippen LogP contribution in [0.1, 0.15) is 53.4 Å².